The Labute approximate surface area is 78.1 Å². The van der Waals surface area contributed by atoms with Crippen LogP contribution in [0.5, 0.6) is 0 Å². The van der Waals surface area contributed by atoms with Crippen LogP contribution in [-0.4, -0.2) is 23.5 Å². The Bertz CT molecular complexity index is 120. The van der Waals surface area contributed by atoms with Gasteiger partial charge in [0, 0.05) is 19.3 Å². The Balaban J connectivity index is 4.14. The molecule has 0 saturated heterocycles. The molecular formula is C9H21O2Si. The minimum Gasteiger partial charge on any atom is -0.396 e. The predicted molar refractivity (Wildman–Crippen MR) is 53.3 cm³/mol. The van der Waals surface area contributed by atoms with Gasteiger partial charge in [-0.05, 0) is 12.3 Å². The molecule has 73 valence electrons. The molecule has 0 aromatic heterocycles. The average Bonchev–Trinajstić information content (AvgIpc) is 1.85. The summed E-state index contributed by atoms with van der Waals surface area (Å²) in [4.78, 5) is 0. The fraction of sp³-hybridized carbons (Fsp3) is 1.00. The van der Waals surface area contributed by atoms with Crippen LogP contribution in [0.4, 0.5) is 0 Å². The average molecular weight is 189 g/mol. The zero-order valence-corrected chi connectivity index (χ0v) is 10.1. The van der Waals surface area contributed by atoms with Crippen molar-refractivity contribution in [2.45, 2.75) is 39.2 Å². The van der Waals surface area contributed by atoms with Gasteiger partial charge in [0.05, 0.1) is 0 Å². The van der Waals surface area contributed by atoms with E-state index >= 15 is 0 Å². The molecule has 0 aromatic carbocycles. The summed E-state index contributed by atoms with van der Waals surface area (Å²) in [5.74, 6) is 0.699. The predicted octanol–water partition coefficient (Wildman–Crippen LogP) is 2.59. The van der Waals surface area contributed by atoms with Crippen LogP contribution in [0.3, 0.4) is 0 Å². The van der Waals surface area contributed by atoms with Crippen molar-refractivity contribution in [3.63, 3.8) is 0 Å². The van der Waals surface area contributed by atoms with Gasteiger partial charge in [-0.1, -0.05) is 27.7 Å². The highest BCUT2D eigenvalue weighted by Crippen LogP contribution is 2.36. The van der Waals surface area contributed by atoms with Crippen molar-refractivity contribution in [1.29, 1.82) is 0 Å². The molecular weight excluding hydrogens is 168 g/mol. The van der Waals surface area contributed by atoms with Gasteiger partial charge in [-0.3, -0.25) is 0 Å². The third-order valence-electron chi connectivity index (χ3n) is 1.84. The summed E-state index contributed by atoms with van der Waals surface area (Å²) in [6.07, 6.45) is 1.16. The van der Waals surface area contributed by atoms with Crippen LogP contribution >= 0.6 is 0 Å². The van der Waals surface area contributed by atoms with Crippen molar-refractivity contribution in [1.82, 2.24) is 0 Å². The van der Waals surface area contributed by atoms with E-state index in [4.69, 9.17) is 8.85 Å². The second kappa shape index (κ2) is 4.99. The van der Waals surface area contributed by atoms with E-state index in [-0.39, 0.29) is 5.04 Å². The van der Waals surface area contributed by atoms with Crippen LogP contribution in [0.1, 0.15) is 34.1 Å². The van der Waals surface area contributed by atoms with Crippen LogP contribution in [0.25, 0.3) is 0 Å². The molecule has 0 atom stereocenters. The van der Waals surface area contributed by atoms with Crippen molar-refractivity contribution in [3.05, 3.63) is 0 Å². The Morgan fingerprint density at radius 3 is 1.83 bits per heavy atom. The van der Waals surface area contributed by atoms with E-state index in [9.17, 15) is 0 Å². The van der Waals surface area contributed by atoms with Crippen molar-refractivity contribution in [2.24, 2.45) is 5.92 Å². The maximum atomic E-state index is 5.34. The van der Waals surface area contributed by atoms with Crippen molar-refractivity contribution >= 4 is 9.28 Å². The third kappa shape index (κ3) is 3.69. The zero-order chi connectivity index (χ0) is 9.78. The summed E-state index contributed by atoms with van der Waals surface area (Å²) < 4.78 is 10.7. The molecule has 0 aliphatic heterocycles. The lowest BCUT2D eigenvalue weighted by atomic mass is 10.00. The Morgan fingerprint density at radius 2 is 1.58 bits per heavy atom. The first-order chi connectivity index (χ1) is 5.44. The van der Waals surface area contributed by atoms with Gasteiger partial charge < -0.3 is 8.85 Å². The molecule has 12 heavy (non-hydrogen) atoms. The number of hydrogen-bond donors (Lipinski definition) is 0. The van der Waals surface area contributed by atoms with E-state index < -0.39 is 9.28 Å². The molecule has 0 aliphatic rings. The summed E-state index contributed by atoms with van der Waals surface area (Å²) in [7, 11) is 2.38. The fourth-order valence-electron chi connectivity index (χ4n) is 1.74. The van der Waals surface area contributed by atoms with Gasteiger partial charge in [0.1, 0.15) is 0 Å². The highest BCUT2D eigenvalue weighted by Gasteiger charge is 2.35. The molecule has 0 heterocycles. The SMILES string of the molecule is CO[Si](OC)C(C)(C)CC(C)C. The van der Waals surface area contributed by atoms with Crippen LogP contribution in [-0.2, 0) is 8.85 Å². The molecule has 0 bridgehead atoms. The number of rotatable bonds is 5. The van der Waals surface area contributed by atoms with E-state index in [1.807, 2.05) is 0 Å². The first-order valence-corrected chi connectivity index (χ1v) is 5.71. The second-order valence-electron chi connectivity index (χ2n) is 4.18. The van der Waals surface area contributed by atoms with E-state index in [1.165, 1.54) is 0 Å². The molecule has 0 spiro atoms. The lowest BCUT2D eigenvalue weighted by Crippen LogP contribution is -2.33. The van der Waals surface area contributed by atoms with E-state index in [0.717, 1.165) is 6.42 Å². The topological polar surface area (TPSA) is 18.5 Å². The van der Waals surface area contributed by atoms with Gasteiger partial charge in [0.15, 0.2) is 0 Å². The van der Waals surface area contributed by atoms with Gasteiger partial charge >= 0.3 is 9.28 Å². The first-order valence-electron chi connectivity index (χ1n) is 4.39. The Hall–Kier alpha value is 0.137. The molecule has 0 aromatic rings. The van der Waals surface area contributed by atoms with E-state index in [0.29, 0.717) is 5.92 Å². The fourth-order valence-corrected chi connectivity index (χ4v) is 3.59. The quantitative estimate of drug-likeness (QED) is 0.619. The van der Waals surface area contributed by atoms with Crippen LogP contribution in [0.15, 0.2) is 0 Å². The summed E-state index contributed by atoms with van der Waals surface area (Å²) in [5.41, 5.74) is 0. The molecule has 0 aliphatic carbocycles. The van der Waals surface area contributed by atoms with Gasteiger partial charge in [0.2, 0.25) is 0 Å². The largest absolute Gasteiger partial charge is 0.396 e. The zero-order valence-electron chi connectivity index (χ0n) is 9.10. The van der Waals surface area contributed by atoms with Crippen LogP contribution < -0.4 is 0 Å². The first kappa shape index (κ1) is 12.1. The molecule has 0 rings (SSSR count). The minimum atomic E-state index is -1.09. The smallest absolute Gasteiger partial charge is 0.390 e. The van der Waals surface area contributed by atoms with Gasteiger partial charge in [-0.15, -0.1) is 0 Å². The maximum absolute atomic E-state index is 5.34. The minimum absolute atomic E-state index is 0.197. The molecule has 0 amide bonds. The molecule has 0 N–H and O–H groups in total. The van der Waals surface area contributed by atoms with Crippen molar-refractivity contribution in [2.75, 3.05) is 14.2 Å². The van der Waals surface area contributed by atoms with Gasteiger partial charge in [-0.25, -0.2) is 0 Å². The third-order valence-corrected chi connectivity index (χ3v) is 3.89. The van der Waals surface area contributed by atoms with E-state index in [2.05, 4.69) is 27.7 Å². The molecule has 0 unspecified atom stereocenters. The van der Waals surface area contributed by atoms with Gasteiger partial charge in [0.25, 0.3) is 0 Å². The maximum Gasteiger partial charge on any atom is 0.390 e. The second-order valence-corrected chi connectivity index (χ2v) is 6.92. The standard InChI is InChI=1S/C9H21O2Si/c1-8(2)7-9(3,4)12(10-5)11-6/h8H,7H2,1-6H3. The highest BCUT2D eigenvalue weighted by molar-refractivity contribution is 6.48. The number of hydrogen-bond acceptors (Lipinski definition) is 2. The van der Waals surface area contributed by atoms with Crippen LogP contribution in [0, 0.1) is 5.92 Å². The summed E-state index contributed by atoms with van der Waals surface area (Å²) >= 11 is 0. The Morgan fingerprint density at radius 1 is 1.17 bits per heavy atom. The lowest BCUT2D eigenvalue weighted by molar-refractivity contribution is 0.236. The van der Waals surface area contributed by atoms with Crippen LogP contribution in [0.2, 0.25) is 5.04 Å². The molecule has 0 fully saturated rings. The molecule has 3 heteroatoms. The van der Waals surface area contributed by atoms with Gasteiger partial charge in [-0.2, -0.15) is 0 Å². The summed E-state index contributed by atoms with van der Waals surface area (Å²) in [5, 5.41) is 0.197. The monoisotopic (exact) mass is 189 g/mol. The molecule has 1 radical (unpaired) electrons. The van der Waals surface area contributed by atoms with Crippen molar-refractivity contribution < 1.29 is 8.85 Å². The normalized spacial score (nSPS) is 13.0. The summed E-state index contributed by atoms with van der Waals surface area (Å²) in [6.45, 7) is 8.89. The molecule has 0 saturated carbocycles. The lowest BCUT2D eigenvalue weighted by Gasteiger charge is -2.30. The Kier molecular flexibility index (Phi) is 5.05. The molecule has 2 nitrogen and oxygen atoms in total. The highest BCUT2D eigenvalue weighted by atomic mass is 28.3. The summed E-state index contributed by atoms with van der Waals surface area (Å²) in [6, 6.07) is 0. The van der Waals surface area contributed by atoms with Crippen molar-refractivity contribution in [3.8, 4) is 0 Å². The van der Waals surface area contributed by atoms with E-state index in [1.54, 1.807) is 14.2 Å².